The molecular weight excluding hydrogens is 216 g/mol. The van der Waals surface area contributed by atoms with Crippen LogP contribution in [0.1, 0.15) is 39.5 Å². The molecule has 0 aromatic carbocycles. The molecule has 0 bridgehead atoms. The van der Waals surface area contributed by atoms with Crippen LogP contribution < -0.4 is 0 Å². The summed E-state index contributed by atoms with van der Waals surface area (Å²) in [6.45, 7) is 4.35. The van der Waals surface area contributed by atoms with Crippen LogP contribution in [0.15, 0.2) is 0 Å². The maximum absolute atomic E-state index is 5.45. The second-order valence-corrected chi connectivity index (χ2v) is 5.19. The van der Waals surface area contributed by atoms with Gasteiger partial charge in [-0.25, -0.2) is 0 Å². The van der Waals surface area contributed by atoms with Crippen LogP contribution in [0.2, 0.25) is 0 Å². The maximum atomic E-state index is 5.45. The third-order valence-electron chi connectivity index (χ3n) is 3.05. The SMILES string of the molecule is COC(C)(C)CC1(CBr)CCC1. The Morgan fingerprint density at radius 1 is 1.42 bits per heavy atom. The molecule has 0 aliphatic heterocycles. The molecule has 0 atom stereocenters. The summed E-state index contributed by atoms with van der Waals surface area (Å²) in [6, 6.07) is 0. The monoisotopic (exact) mass is 234 g/mol. The van der Waals surface area contributed by atoms with Crippen LogP contribution in [-0.4, -0.2) is 18.0 Å². The van der Waals surface area contributed by atoms with E-state index in [-0.39, 0.29) is 5.60 Å². The molecule has 0 N–H and O–H groups in total. The van der Waals surface area contributed by atoms with Gasteiger partial charge in [-0.1, -0.05) is 22.4 Å². The summed E-state index contributed by atoms with van der Waals surface area (Å²) in [5, 5.41) is 1.13. The summed E-state index contributed by atoms with van der Waals surface area (Å²) in [5.41, 5.74) is 0.591. The quantitative estimate of drug-likeness (QED) is 0.679. The smallest absolute Gasteiger partial charge is 0.0628 e. The zero-order valence-electron chi connectivity index (χ0n) is 8.32. The number of hydrogen-bond acceptors (Lipinski definition) is 1. The number of rotatable bonds is 4. The van der Waals surface area contributed by atoms with E-state index in [1.165, 1.54) is 25.7 Å². The van der Waals surface area contributed by atoms with Gasteiger partial charge in [0.1, 0.15) is 0 Å². The van der Waals surface area contributed by atoms with Crippen LogP contribution >= 0.6 is 15.9 Å². The van der Waals surface area contributed by atoms with E-state index >= 15 is 0 Å². The first-order chi connectivity index (χ1) is 5.54. The second kappa shape index (κ2) is 3.67. The highest BCUT2D eigenvalue weighted by atomic mass is 79.9. The molecule has 1 saturated carbocycles. The standard InChI is InChI=1S/C10H19BrO/c1-9(2,12-3)7-10(8-11)5-4-6-10/h4-8H2,1-3H3. The zero-order valence-corrected chi connectivity index (χ0v) is 9.91. The lowest BCUT2D eigenvalue weighted by Gasteiger charge is -2.45. The fraction of sp³-hybridized carbons (Fsp3) is 1.00. The minimum atomic E-state index is 0.0498. The Balaban J connectivity index is 2.47. The molecule has 1 nitrogen and oxygen atoms in total. The van der Waals surface area contributed by atoms with Gasteiger partial charge in [-0.3, -0.25) is 0 Å². The normalized spacial score (nSPS) is 22.0. The van der Waals surface area contributed by atoms with Gasteiger partial charge in [-0.2, -0.15) is 0 Å². The molecule has 72 valence electrons. The average Bonchev–Trinajstić information content (AvgIpc) is 1.97. The Bertz CT molecular complexity index is 144. The number of halogens is 1. The molecule has 2 heteroatoms. The van der Waals surface area contributed by atoms with Gasteiger partial charge in [-0.15, -0.1) is 0 Å². The van der Waals surface area contributed by atoms with E-state index in [0.29, 0.717) is 5.41 Å². The lowest BCUT2D eigenvalue weighted by atomic mass is 9.65. The second-order valence-electron chi connectivity index (χ2n) is 4.63. The van der Waals surface area contributed by atoms with Crippen molar-refractivity contribution < 1.29 is 4.74 Å². The van der Waals surface area contributed by atoms with E-state index in [9.17, 15) is 0 Å². The summed E-state index contributed by atoms with van der Waals surface area (Å²) in [4.78, 5) is 0. The third-order valence-corrected chi connectivity index (χ3v) is 4.24. The summed E-state index contributed by atoms with van der Waals surface area (Å²) in [6.07, 6.45) is 5.31. The van der Waals surface area contributed by atoms with Crippen molar-refractivity contribution in [1.29, 1.82) is 0 Å². The van der Waals surface area contributed by atoms with Crippen molar-refractivity contribution in [1.82, 2.24) is 0 Å². The van der Waals surface area contributed by atoms with E-state index in [1.54, 1.807) is 7.11 Å². The van der Waals surface area contributed by atoms with Gasteiger partial charge in [0.15, 0.2) is 0 Å². The first-order valence-electron chi connectivity index (χ1n) is 4.65. The number of hydrogen-bond donors (Lipinski definition) is 0. The zero-order chi connectivity index (χ0) is 9.24. The van der Waals surface area contributed by atoms with E-state index in [4.69, 9.17) is 4.74 Å². The van der Waals surface area contributed by atoms with E-state index in [0.717, 1.165) is 5.33 Å². The highest BCUT2D eigenvalue weighted by Gasteiger charge is 2.40. The molecule has 0 saturated heterocycles. The number of alkyl halides is 1. The van der Waals surface area contributed by atoms with Gasteiger partial charge in [0.2, 0.25) is 0 Å². The van der Waals surface area contributed by atoms with Crippen LogP contribution in [0.5, 0.6) is 0 Å². The Morgan fingerprint density at radius 2 is 2.00 bits per heavy atom. The lowest BCUT2D eigenvalue weighted by molar-refractivity contribution is -0.0353. The fourth-order valence-corrected chi connectivity index (χ4v) is 2.77. The van der Waals surface area contributed by atoms with Crippen molar-refractivity contribution in [2.45, 2.75) is 45.1 Å². The fourth-order valence-electron chi connectivity index (χ4n) is 2.01. The minimum absolute atomic E-state index is 0.0498. The Labute approximate surface area is 84.0 Å². The Morgan fingerprint density at radius 3 is 2.25 bits per heavy atom. The maximum Gasteiger partial charge on any atom is 0.0628 e. The van der Waals surface area contributed by atoms with Crippen LogP contribution in [0.25, 0.3) is 0 Å². The third kappa shape index (κ3) is 2.23. The first-order valence-corrected chi connectivity index (χ1v) is 5.77. The molecule has 0 radical (unpaired) electrons. The molecule has 0 aromatic heterocycles. The molecule has 0 heterocycles. The molecule has 0 aromatic rings. The average molecular weight is 235 g/mol. The van der Waals surface area contributed by atoms with E-state index in [1.807, 2.05) is 0 Å². The van der Waals surface area contributed by atoms with E-state index < -0.39 is 0 Å². The molecule has 1 rings (SSSR count). The molecular formula is C10H19BrO. The number of ether oxygens (including phenoxy) is 1. The summed E-state index contributed by atoms with van der Waals surface area (Å²) >= 11 is 3.61. The van der Waals surface area contributed by atoms with Gasteiger partial charge >= 0.3 is 0 Å². The van der Waals surface area contributed by atoms with Gasteiger partial charge in [0.05, 0.1) is 5.60 Å². The molecule has 1 aliphatic carbocycles. The van der Waals surface area contributed by atoms with Gasteiger partial charge in [0, 0.05) is 12.4 Å². The predicted octanol–water partition coefficient (Wildman–Crippen LogP) is 3.37. The van der Waals surface area contributed by atoms with Gasteiger partial charge < -0.3 is 4.74 Å². The Kier molecular flexibility index (Phi) is 3.21. The van der Waals surface area contributed by atoms with Crippen molar-refractivity contribution in [3.8, 4) is 0 Å². The minimum Gasteiger partial charge on any atom is -0.379 e. The summed E-state index contributed by atoms with van der Waals surface area (Å²) in [7, 11) is 1.81. The largest absolute Gasteiger partial charge is 0.379 e. The van der Waals surface area contributed by atoms with Crippen molar-refractivity contribution in [3.05, 3.63) is 0 Å². The van der Waals surface area contributed by atoms with Crippen molar-refractivity contribution >= 4 is 15.9 Å². The van der Waals surface area contributed by atoms with E-state index in [2.05, 4.69) is 29.8 Å². The van der Waals surface area contributed by atoms with Crippen LogP contribution in [-0.2, 0) is 4.74 Å². The van der Waals surface area contributed by atoms with Crippen molar-refractivity contribution in [2.24, 2.45) is 5.41 Å². The van der Waals surface area contributed by atoms with Crippen molar-refractivity contribution in [3.63, 3.8) is 0 Å². The topological polar surface area (TPSA) is 9.23 Å². The Hall–Kier alpha value is 0.440. The highest BCUT2D eigenvalue weighted by molar-refractivity contribution is 9.09. The molecule has 0 spiro atoms. The van der Waals surface area contributed by atoms with Gasteiger partial charge in [0.25, 0.3) is 0 Å². The molecule has 12 heavy (non-hydrogen) atoms. The van der Waals surface area contributed by atoms with Crippen molar-refractivity contribution in [2.75, 3.05) is 12.4 Å². The van der Waals surface area contributed by atoms with Crippen LogP contribution in [0, 0.1) is 5.41 Å². The lowest BCUT2D eigenvalue weighted by Crippen LogP contribution is -2.39. The van der Waals surface area contributed by atoms with Crippen LogP contribution in [0.4, 0.5) is 0 Å². The van der Waals surface area contributed by atoms with Gasteiger partial charge in [-0.05, 0) is 38.5 Å². The highest BCUT2D eigenvalue weighted by Crippen LogP contribution is 2.48. The molecule has 1 aliphatic rings. The molecule has 0 amide bonds. The van der Waals surface area contributed by atoms with Crippen LogP contribution in [0.3, 0.4) is 0 Å². The molecule has 1 fully saturated rings. The summed E-state index contributed by atoms with van der Waals surface area (Å²) < 4.78 is 5.45. The predicted molar refractivity (Wildman–Crippen MR) is 55.8 cm³/mol. The summed E-state index contributed by atoms with van der Waals surface area (Å²) in [5.74, 6) is 0. The number of methoxy groups -OCH3 is 1. The first kappa shape index (κ1) is 10.5. The molecule has 0 unspecified atom stereocenters.